The van der Waals surface area contributed by atoms with E-state index in [0.717, 1.165) is 5.69 Å². The summed E-state index contributed by atoms with van der Waals surface area (Å²) in [6, 6.07) is 5.48. The van der Waals surface area contributed by atoms with Crippen LogP contribution in [0.15, 0.2) is 18.2 Å². The maximum absolute atomic E-state index is 6.00. The van der Waals surface area contributed by atoms with Crippen molar-refractivity contribution in [3.05, 3.63) is 28.2 Å². The van der Waals surface area contributed by atoms with Gasteiger partial charge in [-0.3, -0.25) is 0 Å². The van der Waals surface area contributed by atoms with E-state index < -0.39 is 0 Å². The Hall–Kier alpha value is -0.480. The molecule has 16 heavy (non-hydrogen) atoms. The van der Waals surface area contributed by atoms with E-state index in [0.29, 0.717) is 36.4 Å². The molecular formula is C11H15Cl2NO2. The zero-order chi connectivity index (χ0) is 11.8. The van der Waals surface area contributed by atoms with Crippen LogP contribution >= 0.6 is 23.2 Å². The zero-order valence-corrected chi connectivity index (χ0v) is 10.6. The number of hydrogen-bond donors (Lipinski definition) is 1. The first kappa shape index (κ1) is 13.6. The van der Waals surface area contributed by atoms with E-state index in [-0.39, 0.29) is 0 Å². The van der Waals surface area contributed by atoms with E-state index in [1.54, 1.807) is 13.2 Å². The fourth-order valence-electron chi connectivity index (χ4n) is 1.14. The predicted molar refractivity (Wildman–Crippen MR) is 67.6 cm³/mol. The first-order valence-corrected chi connectivity index (χ1v) is 5.76. The lowest BCUT2D eigenvalue weighted by atomic mass is 10.3. The van der Waals surface area contributed by atoms with Crippen LogP contribution in [0, 0.1) is 0 Å². The maximum Gasteiger partial charge on any atom is 0.0823 e. The molecule has 0 saturated carbocycles. The largest absolute Gasteiger partial charge is 0.382 e. The third kappa shape index (κ3) is 4.58. The van der Waals surface area contributed by atoms with E-state index in [9.17, 15) is 0 Å². The van der Waals surface area contributed by atoms with Crippen molar-refractivity contribution in [2.45, 2.75) is 0 Å². The van der Waals surface area contributed by atoms with Gasteiger partial charge in [0, 0.05) is 13.7 Å². The van der Waals surface area contributed by atoms with Gasteiger partial charge in [0.2, 0.25) is 0 Å². The van der Waals surface area contributed by atoms with Crippen molar-refractivity contribution >= 4 is 28.9 Å². The SMILES string of the molecule is COCCOCCNc1cccc(Cl)c1Cl. The van der Waals surface area contributed by atoms with Crippen LogP contribution in [0.1, 0.15) is 0 Å². The first-order chi connectivity index (χ1) is 7.75. The summed E-state index contributed by atoms with van der Waals surface area (Å²) >= 11 is 11.9. The van der Waals surface area contributed by atoms with E-state index in [4.69, 9.17) is 32.7 Å². The maximum atomic E-state index is 6.00. The molecule has 0 unspecified atom stereocenters. The number of methoxy groups -OCH3 is 1. The van der Waals surface area contributed by atoms with Crippen LogP contribution in [-0.4, -0.2) is 33.5 Å². The van der Waals surface area contributed by atoms with E-state index >= 15 is 0 Å². The Bertz CT molecular complexity index is 321. The lowest BCUT2D eigenvalue weighted by molar-refractivity contribution is 0.0759. The van der Waals surface area contributed by atoms with E-state index in [2.05, 4.69) is 5.32 Å². The standard InChI is InChI=1S/C11H15Cl2NO2/c1-15-7-8-16-6-5-14-10-4-2-3-9(12)11(10)13/h2-4,14H,5-8H2,1H3. The molecule has 1 aromatic rings. The van der Waals surface area contributed by atoms with Crippen LogP contribution in [0.5, 0.6) is 0 Å². The summed E-state index contributed by atoms with van der Waals surface area (Å²) in [6.07, 6.45) is 0. The van der Waals surface area contributed by atoms with Crippen molar-refractivity contribution in [1.82, 2.24) is 0 Å². The lowest BCUT2D eigenvalue weighted by Crippen LogP contribution is -2.12. The van der Waals surface area contributed by atoms with Crippen molar-refractivity contribution in [2.24, 2.45) is 0 Å². The van der Waals surface area contributed by atoms with E-state index in [1.165, 1.54) is 0 Å². The highest BCUT2D eigenvalue weighted by atomic mass is 35.5. The molecule has 1 rings (SSSR count). The third-order valence-corrected chi connectivity index (χ3v) is 2.76. The Balaban J connectivity index is 2.24. The van der Waals surface area contributed by atoms with Crippen LogP contribution in [0.25, 0.3) is 0 Å². The van der Waals surface area contributed by atoms with Crippen molar-refractivity contribution in [1.29, 1.82) is 0 Å². The number of halogens is 2. The van der Waals surface area contributed by atoms with Crippen LogP contribution in [0.4, 0.5) is 5.69 Å². The molecule has 1 aromatic carbocycles. The van der Waals surface area contributed by atoms with E-state index in [1.807, 2.05) is 12.1 Å². The van der Waals surface area contributed by atoms with Gasteiger partial charge in [-0.1, -0.05) is 29.3 Å². The van der Waals surface area contributed by atoms with Gasteiger partial charge in [0.15, 0.2) is 0 Å². The Morgan fingerprint density at radius 3 is 2.75 bits per heavy atom. The molecule has 0 bridgehead atoms. The highest BCUT2D eigenvalue weighted by Crippen LogP contribution is 2.29. The topological polar surface area (TPSA) is 30.5 Å². The first-order valence-electron chi connectivity index (χ1n) is 5.00. The molecule has 90 valence electrons. The van der Waals surface area contributed by atoms with Gasteiger partial charge in [-0.15, -0.1) is 0 Å². The number of ether oxygens (including phenoxy) is 2. The summed E-state index contributed by atoms with van der Waals surface area (Å²) in [7, 11) is 1.65. The number of hydrogen-bond acceptors (Lipinski definition) is 3. The molecule has 0 aliphatic carbocycles. The molecule has 0 spiro atoms. The Morgan fingerprint density at radius 2 is 2.00 bits per heavy atom. The van der Waals surface area contributed by atoms with Gasteiger partial charge in [0.05, 0.1) is 35.6 Å². The second-order valence-corrected chi connectivity index (χ2v) is 3.92. The number of benzene rings is 1. The van der Waals surface area contributed by atoms with Gasteiger partial charge in [0.1, 0.15) is 0 Å². The number of rotatable bonds is 7. The van der Waals surface area contributed by atoms with Crippen LogP contribution < -0.4 is 5.32 Å². The van der Waals surface area contributed by atoms with Crippen molar-refractivity contribution in [3.63, 3.8) is 0 Å². The Labute approximate surface area is 106 Å². The van der Waals surface area contributed by atoms with Crippen LogP contribution in [0.3, 0.4) is 0 Å². The molecule has 5 heteroatoms. The minimum atomic E-state index is 0.543. The minimum Gasteiger partial charge on any atom is -0.382 e. The van der Waals surface area contributed by atoms with Gasteiger partial charge < -0.3 is 14.8 Å². The van der Waals surface area contributed by atoms with Crippen LogP contribution in [0.2, 0.25) is 10.0 Å². The Morgan fingerprint density at radius 1 is 1.19 bits per heavy atom. The molecular weight excluding hydrogens is 249 g/mol. The molecule has 0 aromatic heterocycles. The van der Waals surface area contributed by atoms with Crippen molar-refractivity contribution < 1.29 is 9.47 Å². The highest BCUT2D eigenvalue weighted by molar-refractivity contribution is 6.43. The minimum absolute atomic E-state index is 0.543. The second kappa shape index (κ2) is 7.74. The molecule has 0 amide bonds. The van der Waals surface area contributed by atoms with Crippen molar-refractivity contribution in [2.75, 3.05) is 38.8 Å². The number of anilines is 1. The number of nitrogens with one attached hydrogen (secondary N) is 1. The highest BCUT2D eigenvalue weighted by Gasteiger charge is 2.02. The fraction of sp³-hybridized carbons (Fsp3) is 0.455. The average molecular weight is 264 g/mol. The molecule has 3 nitrogen and oxygen atoms in total. The van der Waals surface area contributed by atoms with Crippen molar-refractivity contribution in [3.8, 4) is 0 Å². The molecule has 0 heterocycles. The summed E-state index contributed by atoms with van der Waals surface area (Å²) in [5.41, 5.74) is 0.824. The van der Waals surface area contributed by atoms with Gasteiger partial charge in [-0.05, 0) is 12.1 Å². The van der Waals surface area contributed by atoms with Gasteiger partial charge >= 0.3 is 0 Å². The van der Waals surface area contributed by atoms with Gasteiger partial charge in [0.25, 0.3) is 0 Å². The smallest absolute Gasteiger partial charge is 0.0823 e. The third-order valence-electron chi connectivity index (χ3n) is 1.95. The molecule has 0 fully saturated rings. The monoisotopic (exact) mass is 263 g/mol. The second-order valence-electron chi connectivity index (χ2n) is 3.13. The summed E-state index contributed by atoms with van der Waals surface area (Å²) in [5, 5.41) is 4.24. The summed E-state index contributed by atoms with van der Waals surface area (Å²) in [6.45, 7) is 2.50. The molecule has 0 saturated heterocycles. The summed E-state index contributed by atoms with van der Waals surface area (Å²) in [5.74, 6) is 0. The normalized spacial score (nSPS) is 10.4. The fourth-order valence-corrected chi connectivity index (χ4v) is 1.51. The zero-order valence-electron chi connectivity index (χ0n) is 9.13. The Kier molecular flexibility index (Phi) is 6.57. The molecule has 1 N–H and O–H groups in total. The molecule has 0 aliphatic rings. The quantitative estimate of drug-likeness (QED) is 0.768. The van der Waals surface area contributed by atoms with Gasteiger partial charge in [-0.2, -0.15) is 0 Å². The molecule has 0 radical (unpaired) electrons. The molecule has 0 aliphatic heterocycles. The van der Waals surface area contributed by atoms with Gasteiger partial charge in [-0.25, -0.2) is 0 Å². The summed E-state index contributed by atoms with van der Waals surface area (Å²) < 4.78 is 10.2. The lowest BCUT2D eigenvalue weighted by Gasteiger charge is -2.09. The summed E-state index contributed by atoms with van der Waals surface area (Å²) in [4.78, 5) is 0. The predicted octanol–water partition coefficient (Wildman–Crippen LogP) is 3.07. The molecule has 0 atom stereocenters. The average Bonchev–Trinajstić information content (AvgIpc) is 2.29. The van der Waals surface area contributed by atoms with Crippen LogP contribution in [-0.2, 0) is 9.47 Å².